The first-order chi connectivity index (χ1) is 15.3. The number of carbonyl (C=O) groups excluding carboxylic acids is 1. The van der Waals surface area contributed by atoms with E-state index in [0.29, 0.717) is 0 Å². The van der Waals surface area contributed by atoms with Crippen LogP contribution in [0.5, 0.6) is 0 Å². The van der Waals surface area contributed by atoms with Crippen molar-refractivity contribution in [1.29, 1.82) is 0 Å². The average molecular weight is 419 g/mol. The summed E-state index contributed by atoms with van der Waals surface area (Å²) < 4.78 is 0. The molecule has 0 saturated carbocycles. The molecule has 0 N–H and O–H groups in total. The molecule has 4 rings (SSSR count). The highest BCUT2D eigenvalue weighted by molar-refractivity contribution is 8.13. The van der Waals surface area contributed by atoms with Crippen molar-refractivity contribution in [1.82, 2.24) is 0 Å². The van der Waals surface area contributed by atoms with E-state index in [1.165, 1.54) is 11.8 Å². The Hall–Kier alpha value is -3.54. The largest absolute Gasteiger partial charge is 0.287 e. The number of hydrogen-bond donors (Lipinski definition) is 0. The van der Waals surface area contributed by atoms with Gasteiger partial charge in [-0.3, -0.25) is 4.79 Å². The molecular weight excluding hydrogens is 396 g/mol. The molecule has 0 aromatic heterocycles. The van der Waals surface area contributed by atoms with Crippen LogP contribution in [0.4, 0.5) is 0 Å². The maximum atomic E-state index is 13.3. The summed E-state index contributed by atoms with van der Waals surface area (Å²) in [6.07, 6.45) is 0.278. The van der Waals surface area contributed by atoms with Gasteiger partial charge in [0.2, 0.25) is 0 Å². The van der Waals surface area contributed by atoms with Crippen molar-refractivity contribution in [2.75, 3.05) is 0 Å². The van der Waals surface area contributed by atoms with Gasteiger partial charge in [-0.2, -0.15) is 0 Å². The Morgan fingerprint density at radius 1 is 0.645 bits per heavy atom. The number of rotatable bonds is 5. The molecule has 0 aliphatic carbocycles. The molecule has 1 nitrogen and oxygen atoms in total. The van der Waals surface area contributed by atoms with E-state index < -0.39 is 5.41 Å². The smallest absolute Gasteiger partial charge is 0.195 e. The highest BCUT2D eigenvalue weighted by Crippen LogP contribution is 2.38. The van der Waals surface area contributed by atoms with Crippen molar-refractivity contribution in [3.05, 3.63) is 138 Å². The summed E-state index contributed by atoms with van der Waals surface area (Å²) in [5.74, 6) is 6.85. The van der Waals surface area contributed by atoms with Crippen molar-refractivity contribution < 1.29 is 4.79 Å². The Labute approximate surface area is 188 Å². The third-order valence-corrected chi connectivity index (χ3v) is 5.99. The molecular formula is C29H22OS. The fourth-order valence-electron chi connectivity index (χ4n) is 3.58. The van der Waals surface area contributed by atoms with E-state index in [-0.39, 0.29) is 11.5 Å². The van der Waals surface area contributed by atoms with Gasteiger partial charge in [-0.25, -0.2) is 0 Å². The summed E-state index contributed by atoms with van der Waals surface area (Å²) in [5, 5.41) is 0.0845. The predicted octanol–water partition coefficient (Wildman–Crippen LogP) is 6.73. The van der Waals surface area contributed by atoms with Gasteiger partial charge in [0.1, 0.15) is 0 Å². The van der Waals surface area contributed by atoms with Crippen LogP contribution in [0.1, 0.15) is 23.1 Å². The van der Waals surface area contributed by atoms with Crippen LogP contribution >= 0.6 is 11.8 Å². The molecule has 0 fully saturated rings. The molecule has 31 heavy (non-hydrogen) atoms. The van der Waals surface area contributed by atoms with Gasteiger partial charge in [0.05, 0.1) is 5.41 Å². The lowest BCUT2D eigenvalue weighted by Gasteiger charge is -2.29. The van der Waals surface area contributed by atoms with E-state index in [4.69, 9.17) is 0 Å². The second kappa shape index (κ2) is 9.98. The molecule has 0 unspecified atom stereocenters. The summed E-state index contributed by atoms with van der Waals surface area (Å²) >= 11 is 1.27. The average Bonchev–Trinajstić information content (AvgIpc) is 2.84. The summed E-state index contributed by atoms with van der Waals surface area (Å²) in [6, 6.07) is 40.0. The molecule has 4 aromatic carbocycles. The van der Waals surface area contributed by atoms with Crippen molar-refractivity contribution in [3.63, 3.8) is 0 Å². The number of hydrogen-bond acceptors (Lipinski definition) is 2. The van der Waals surface area contributed by atoms with E-state index in [1.54, 1.807) is 0 Å². The molecule has 0 amide bonds. The van der Waals surface area contributed by atoms with Crippen molar-refractivity contribution >= 4 is 16.9 Å². The first-order valence-corrected chi connectivity index (χ1v) is 11.0. The molecule has 0 aliphatic heterocycles. The minimum atomic E-state index is -0.739. The van der Waals surface area contributed by atoms with Crippen LogP contribution in [0.25, 0.3) is 0 Å². The Morgan fingerprint density at radius 2 is 1.10 bits per heavy atom. The zero-order valence-electron chi connectivity index (χ0n) is 17.1. The summed E-state index contributed by atoms with van der Waals surface area (Å²) in [6.45, 7) is 0. The van der Waals surface area contributed by atoms with E-state index in [9.17, 15) is 4.79 Å². The summed E-state index contributed by atoms with van der Waals surface area (Å²) in [4.78, 5) is 14.2. The van der Waals surface area contributed by atoms with E-state index in [1.807, 2.05) is 97.1 Å². The zero-order valence-corrected chi connectivity index (χ0v) is 17.9. The molecule has 0 bridgehead atoms. The first-order valence-electron chi connectivity index (χ1n) is 10.2. The van der Waals surface area contributed by atoms with Crippen LogP contribution in [-0.4, -0.2) is 5.12 Å². The maximum Gasteiger partial charge on any atom is 0.195 e. The molecule has 0 atom stereocenters. The quantitative estimate of drug-likeness (QED) is 0.264. The Kier molecular flexibility index (Phi) is 6.67. The fourth-order valence-corrected chi connectivity index (χ4v) is 4.42. The van der Waals surface area contributed by atoms with Crippen molar-refractivity contribution in [2.24, 2.45) is 0 Å². The number of thioether (sulfide) groups is 1. The van der Waals surface area contributed by atoms with Crippen molar-refractivity contribution in [2.45, 2.75) is 16.7 Å². The monoisotopic (exact) mass is 418 g/mol. The van der Waals surface area contributed by atoms with Crippen LogP contribution in [0.15, 0.2) is 126 Å². The van der Waals surface area contributed by atoms with Gasteiger partial charge in [-0.1, -0.05) is 121 Å². The third kappa shape index (κ3) is 5.15. The lowest BCUT2D eigenvalue weighted by atomic mass is 9.72. The Bertz CT molecular complexity index is 1130. The SMILES string of the molecule is O=C(CC(C#Cc1ccccc1)(c1ccccc1)c1ccccc1)Sc1ccccc1. The van der Waals surface area contributed by atoms with Gasteiger partial charge in [0.15, 0.2) is 5.12 Å². The minimum Gasteiger partial charge on any atom is -0.287 e. The molecule has 0 saturated heterocycles. The van der Waals surface area contributed by atoms with E-state index in [2.05, 4.69) is 36.1 Å². The van der Waals surface area contributed by atoms with Gasteiger partial charge in [0.25, 0.3) is 0 Å². The molecule has 4 aromatic rings. The van der Waals surface area contributed by atoms with E-state index >= 15 is 0 Å². The molecule has 150 valence electrons. The van der Waals surface area contributed by atoms with Gasteiger partial charge in [-0.05, 0) is 35.4 Å². The summed E-state index contributed by atoms with van der Waals surface area (Å²) in [5.41, 5.74) is 2.23. The topological polar surface area (TPSA) is 17.1 Å². The van der Waals surface area contributed by atoms with Crippen LogP contribution in [0.2, 0.25) is 0 Å². The highest BCUT2D eigenvalue weighted by Gasteiger charge is 2.35. The van der Waals surface area contributed by atoms with Crippen LogP contribution in [-0.2, 0) is 10.2 Å². The molecule has 2 heteroatoms. The van der Waals surface area contributed by atoms with Gasteiger partial charge >= 0.3 is 0 Å². The van der Waals surface area contributed by atoms with Crippen LogP contribution in [0, 0.1) is 11.8 Å². The third-order valence-electron chi connectivity index (χ3n) is 5.11. The van der Waals surface area contributed by atoms with Crippen LogP contribution < -0.4 is 0 Å². The summed E-state index contributed by atoms with van der Waals surface area (Å²) in [7, 11) is 0. The van der Waals surface area contributed by atoms with Gasteiger partial charge < -0.3 is 0 Å². The zero-order chi connectivity index (χ0) is 21.4. The Balaban J connectivity index is 1.81. The predicted molar refractivity (Wildman–Crippen MR) is 129 cm³/mol. The van der Waals surface area contributed by atoms with E-state index in [0.717, 1.165) is 21.6 Å². The molecule has 0 spiro atoms. The lowest BCUT2D eigenvalue weighted by Crippen LogP contribution is -2.28. The minimum absolute atomic E-state index is 0.0845. The van der Waals surface area contributed by atoms with Crippen molar-refractivity contribution in [3.8, 4) is 11.8 Å². The highest BCUT2D eigenvalue weighted by atomic mass is 32.2. The number of carbonyl (C=O) groups is 1. The Morgan fingerprint density at radius 3 is 1.61 bits per heavy atom. The standard InChI is InChI=1S/C29H22OS/c30-28(31-27-19-11-4-12-20-27)23-29(25-15-7-2-8-16-25,26-17-9-3-10-18-26)22-21-24-13-5-1-6-14-24/h1-20H,23H2. The van der Waals surface area contributed by atoms with Gasteiger partial charge in [-0.15, -0.1) is 0 Å². The number of benzene rings is 4. The first kappa shape index (κ1) is 20.7. The lowest BCUT2D eigenvalue weighted by molar-refractivity contribution is -0.111. The molecule has 0 radical (unpaired) electrons. The normalized spacial score (nSPS) is 10.7. The van der Waals surface area contributed by atoms with Crippen LogP contribution in [0.3, 0.4) is 0 Å². The maximum absolute atomic E-state index is 13.3. The second-order valence-electron chi connectivity index (χ2n) is 7.22. The van der Waals surface area contributed by atoms with Gasteiger partial charge in [0, 0.05) is 16.9 Å². The molecule has 0 heterocycles. The second-order valence-corrected chi connectivity index (χ2v) is 8.35. The molecule has 0 aliphatic rings. The fraction of sp³-hybridized carbons (Fsp3) is 0.0690.